The fourth-order valence-electron chi connectivity index (χ4n) is 8.48. The first-order valence-corrected chi connectivity index (χ1v) is 26.5. The minimum Gasteiger partial charge on any atom is -0.423 e. The third kappa shape index (κ3) is 22.0. The zero-order valence-electron chi connectivity index (χ0n) is 41.6. The quantitative estimate of drug-likeness (QED) is 0.0178. The summed E-state index contributed by atoms with van der Waals surface area (Å²) >= 11 is 0. The van der Waals surface area contributed by atoms with Crippen LogP contribution in [-0.4, -0.2) is 24.4 Å². The smallest absolute Gasteiger partial charge is 0.343 e. The summed E-state index contributed by atoms with van der Waals surface area (Å²) in [5.41, 5.74) is 7.05. The number of aryl methyl sites for hydroxylation is 2. The van der Waals surface area contributed by atoms with E-state index in [1.165, 1.54) is 171 Å². The van der Waals surface area contributed by atoms with E-state index in [4.69, 9.17) is 9.47 Å². The molecule has 0 radical (unpaired) electrons. The van der Waals surface area contributed by atoms with Crippen molar-refractivity contribution in [1.82, 2.24) is 0 Å². The summed E-state index contributed by atoms with van der Waals surface area (Å²) in [4.78, 5) is 35.3. The zero-order valence-corrected chi connectivity index (χ0v) is 41.6. The maximum absolute atomic E-state index is 13.0. The van der Waals surface area contributed by atoms with Crippen molar-refractivity contribution in [2.45, 2.75) is 181 Å². The summed E-state index contributed by atoms with van der Waals surface area (Å²) in [5.74, 6) is -0.471. The van der Waals surface area contributed by atoms with Gasteiger partial charge in [-0.3, -0.25) is 9.98 Å². The topological polar surface area (TPSA) is 77.3 Å². The van der Waals surface area contributed by atoms with E-state index in [0.717, 1.165) is 35.3 Å². The molecule has 0 heterocycles. The van der Waals surface area contributed by atoms with Crippen molar-refractivity contribution in [3.05, 3.63) is 155 Å². The monoisotopic (exact) mass is 917 g/mol. The molecule has 362 valence electrons. The molecule has 0 aliphatic carbocycles. The highest BCUT2D eigenvalue weighted by molar-refractivity contribution is 5.93. The van der Waals surface area contributed by atoms with Crippen molar-refractivity contribution in [2.24, 2.45) is 9.98 Å². The maximum atomic E-state index is 13.0. The molecule has 5 aromatic rings. The van der Waals surface area contributed by atoms with E-state index in [0.29, 0.717) is 11.1 Å². The van der Waals surface area contributed by atoms with Crippen LogP contribution in [-0.2, 0) is 12.8 Å². The van der Waals surface area contributed by atoms with Crippen LogP contribution in [0.3, 0.4) is 0 Å². The molecule has 0 aliphatic rings. The number of unbranched alkanes of at least 4 members (excludes halogenated alkanes) is 22. The number of hydrogen-bond donors (Lipinski definition) is 0. The molecule has 0 saturated heterocycles. The highest BCUT2D eigenvalue weighted by Crippen LogP contribution is 2.23. The molecule has 0 N–H and O–H groups in total. The van der Waals surface area contributed by atoms with Crippen LogP contribution in [0.5, 0.6) is 11.5 Å². The van der Waals surface area contributed by atoms with Crippen LogP contribution in [0.1, 0.15) is 211 Å². The van der Waals surface area contributed by atoms with Crippen LogP contribution >= 0.6 is 0 Å². The average Bonchev–Trinajstić information content (AvgIpc) is 3.37. The minimum absolute atomic E-state index is 0.275. The predicted molar refractivity (Wildman–Crippen MR) is 286 cm³/mol. The van der Waals surface area contributed by atoms with Crippen molar-refractivity contribution in [3.8, 4) is 11.5 Å². The number of hydrogen-bond acceptors (Lipinski definition) is 6. The summed E-state index contributed by atoms with van der Waals surface area (Å²) in [6.45, 7) is 4.56. The van der Waals surface area contributed by atoms with Crippen LogP contribution in [0, 0.1) is 0 Å². The molecule has 0 unspecified atom stereocenters. The second-order valence-electron chi connectivity index (χ2n) is 18.6. The van der Waals surface area contributed by atoms with Gasteiger partial charge in [-0.05, 0) is 109 Å². The van der Waals surface area contributed by atoms with Gasteiger partial charge in [0, 0.05) is 18.5 Å². The van der Waals surface area contributed by atoms with E-state index in [2.05, 4.69) is 72.4 Å². The molecule has 6 nitrogen and oxygen atoms in total. The Bertz CT molecular complexity index is 2040. The SMILES string of the molecule is CCCCCCCCCCCCCCc1ccc(N=Cc2ccc(C(=O)Oc3cccc(OC(=O)c4ccc(C=Nc5ccc(CCCCCCCCCCCCCC)cc5)cc4)c3)cc2)cc1. The molecule has 0 fully saturated rings. The van der Waals surface area contributed by atoms with Gasteiger partial charge in [-0.1, -0.05) is 210 Å². The van der Waals surface area contributed by atoms with E-state index < -0.39 is 11.9 Å². The number of carbonyl (C=O) groups is 2. The molecule has 5 aromatic carbocycles. The van der Waals surface area contributed by atoms with Crippen molar-refractivity contribution in [2.75, 3.05) is 0 Å². The first-order valence-electron chi connectivity index (χ1n) is 26.5. The van der Waals surface area contributed by atoms with Crippen LogP contribution in [0.2, 0.25) is 0 Å². The van der Waals surface area contributed by atoms with Crippen molar-refractivity contribution in [3.63, 3.8) is 0 Å². The zero-order chi connectivity index (χ0) is 47.7. The van der Waals surface area contributed by atoms with Gasteiger partial charge in [0.2, 0.25) is 0 Å². The lowest BCUT2D eigenvalue weighted by Crippen LogP contribution is -2.10. The van der Waals surface area contributed by atoms with Gasteiger partial charge < -0.3 is 9.47 Å². The molecule has 0 atom stereocenters. The van der Waals surface area contributed by atoms with Gasteiger partial charge in [0.15, 0.2) is 0 Å². The van der Waals surface area contributed by atoms with E-state index in [9.17, 15) is 9.59 Å². The standard InChI is InChI=1S/C62H80N2O4/c1-3-5-7-9-11-13-15-17-19-21-23-25-28-51-36-44-57(45-37-51)63-49-53-32-40-55(41-33-53)61(65)67-59-30-27-31-60(48-59)68-62(66)56-42-34-54(35-43-56)50-64-58-46-38-52(39-47-58)29-26-24-22-20-18-16-14-12-10-8-6-4-2/h27,30-50H,3-26,28-29H2,1-2H3. The maximum Gasteiger partial charge on any atom is 0.343 e. The summed E-state index contributed by atoms with van der Waals surface area (Å²) in [6.07, 6.45) is 38.5. The van der Waals surface area contributed by atoms with Gasteiger partial charge in [0.05, 0.1) is 22.5 Å². The Morgan fingerprint density at radius 3 is 1.01 bits per heavy atom. The van der Waals surface area contributed by atoms with Gasteiger partial charge in [-0.2, -0.15) is 0 Å². The molecule has 0 amide bonds. The molecule has 0 aromatic heterocycles. The van der Waals surface area contributed by atoms with Crippen molar-refractivity contribution < 1.29 is 19.1 Å². The molecule has 0 bridgehead atoms. The third-order valence-electron chi connectivity index (χ3n) is 12.8. The van der Waals surface area contributed by atoms with Crippen molar-refractivity contribution >= 4 is 35.7 Å². The number of rotatable bonds is 34. The van der Waals surface area contributed by atoms with E-state index in [1.54, 1.807) is 54.9 Å². The Morgan fingerprint density at radius 1 is 0.382 bits per heavy atom. The fourth-order valence-corrected chi connectivity index (χ4v) is 8.48. The average molecular weight is 917 g/mol. The highest BCUT2D eigenvalue weighted by atomic mass is 16.5. The van der Waals surface area contributed by atoms with Gasteiger partial charge in [0.1, 0.15) is 11.5 Å². The Morgan fingerprint density at radius 2 is 0.691 bits per heavy atom. The molecule has 6 heteroatoms. The normalized spacial score (nSPS) is 11.4. The fraction of sp³-hybridized carbons (Fsp3) is 0.452. The second-order valence-corrected chi connectivity index (χ2v) is 18.6. The van der Waals surface area contributed by atoms with Crippen LogP contribution in [0.4, 0.5) is 11.4 Å². The number of aliphatic imine (C=N–C) groups is 2. The number of nitrogens with zero attached hydrogens (tertiary/aromatic N) is 2. The van der Waals surface area contributed by atoms with Crippen LogP contribution in [0.15, 0.2) is 131 Å². The van der Waals surface area contributed by atoms with Gasteiger partial charge >= 0.3 is 11.9 Å². The Kier molecular flexibility index (Phi) is 25.9. The van der Waals surface area contributed by atoms with Crippen molar-refractivity contribution in [1.29, 1.82) is 0 Å². The summed E-state index contributed by atoms with van der Waals surface area (Å²) in [6, 6.07) is 37.7. The highest BCUT2D eigenvalue weighted by Gasteiger charge is 2.12. The largest absolute Gasteiger partial charge is 0.423 e. The number of ether oxygens (including phenoxy) is 2. The lowest BCUT2D eigenvalue weighted by Gasteiger charge is -2.08. The molecule has 0 spiro atoms. The lowest BCUT2D eigenvalue weighted by molar-refractivity contribution is 0.0732. The van der Waals surface area contributed by atoms with E-state index in [1.807, 2.05) is 24.3 Å². The van der Waals surface area contributed by atoms with Gasteiger partial charge in [0.25, 0.3) is 0 Å². The number of benzene rings is 5. The Balaban J connectivity index is 0.956. The molecular weight excluding hydrogens is 837 g/mol. The van der Waals surface area contributed by atoms with E-state index in [-0.39, 0.29) is 11.5 Å². The first-order chi connectivity index (χ1) is 33.5. The summed E-state index contributed by atoms with van der Waals surface area (Å²) < 4.78 is 11.3. The Hall–Kier alpha value is -5.62. The van der Waals surface area contributed by atoms with Crippen LogP contribution < -0.4 is 9.47 Å². The first kappa shape index (κ1) is 53.3. The van der Waals surface area contributed by atoms with Crippen LogP contribution in [0.25, 0.3) is 0 Å². The molecule has 0 aliphatic heterocycles. The van der Waals surface area contributed by atoms with Gasteiger partial charge in [-0.25, -0.2) is 9.59 Å². The molecule has 5 rings (SSSR count). The number of carbonyl (C=O) groups excluding carboxylic acids is 2. The minimum atomic E-state index is -0.510. The summed E-state index contributed by atoms with van der Waals surface area (Å²) in [5, 5.41) is 0. The van der Waals surface area contributed by atoms with Gasteiger partial charge in [-0.15, -0.1) is 0 Å². The third-order valence-corrected chi connectivity index (χ3v) is 12.8. The lowest BCUT2D eigenvalue weighted by atomic mass is 10.0. The second kappa shape index (κ2) is 33.0. The van der Waals surface area contributed by atoms with E-state index >= 15 is 0 Å². The molecular formula is C62H80N2O4. The Labute approximate surface area is 410 Å². The summed E-state index contributed by atoms with van der Waals surface area (Å²) in [7, 11) is 0. The molecule has 68 heavy (non-hydrogen) atoms. The predicted octanol–water partition coefficient (Wildman–Crippen LogP) is 18.1. The molecule has 0 saturated carbocycles. The number of esters is 2.